The Morgan fingerprint density at radius 3 is 2.76 bits per heavy atom. The molecule has 0 bridgehead atoms. The Hall–Kier alpha value is -1.89. The summed E-state index contributed by atoms with van der Waals surface area (Å²) in [4.78, 5) is 26.6. The van der Waals surface area contributed by atoms with E-state index in [0.29, 0.717) is 31.7 Å². The van der Waals surface area contributed by atoms with Crippen molar-refractivity contribution in [1.29, 1.82) is 0 Å². The second-order valence-electron chi connectivity index (χ2n) is 7.23. The van der Waals surface area contributed by atoms with E-state index in [1.807, 2.05) is 11.6 Å². The van der Waals surface area contributed by atoms with Gasteiger partial charge in [0.05, 0.1) is 29.8 Å². The summed E-state index contributed by atoms with van der Waals surface area (Å²) in [5.74, 6) is -1.08. The molecule has 138 valence electrons. The van der Waals surface area contributed by atoms with Gasteiger partial charge < -0.3 is 14.7 Å². The minimum atomic E-state index is -0.868. The summed E-state index contributed by atoms with van der Waals surface area (Å²) in [6.45, 7) is 7.67. The minimum Gasteiger partial charge on any atom is -0.481 e. The molecule has 25 heavy (non-hydrogen) atoms. The summed E-state index contributed by atoms with van der Waals surface area (Å²) in [5.41, 5.74) is 0.564. The number of fused-ring (bicyclic) bond motifs is 1. The van der Waals surface area contributed by atoms with Crippen molar-refractivity contribution in [3.05, 3.63) is 17.5 Å². The molecule has 1 amide bonds. The first-order valence-electron chi connectivity index (χ1n) is 9.09. The van der Waals surface area contributed by atoms with E-state index < -0.39 is 11.4 Å². The average molecular weight is 349 g/mol. The molecule has 2 aliphatic rings. The van der Waals surface area contributed by atoms with Crippen LogP contribution in [0.1, 0.15) is 55.2 Å². The maximum atomic E-state index is 13.0. The van der Waals surface area contributed by atoms with Gasteiger partial charge in [-0.3, -0.25) is 14.3 Å². The van der Waals surface area contributed by atoms with Gasteiger partial charge in [0.25, 0.3) is 5.91 Å². The smallest absolute Gasteiger partial charge is 0.311 e. The number of aromatic nitrogens is 2. The highest BCUT2D eigenvalue weighted by Gasteiger charge is 2.55. The number of aliphatic carboxylic acids is 1. The third-order valence-corrected chi connectivity index (χ3v) is 5.98. The van der Waals surface area contributed by atoms with Crippen LogP contribution in [-0.4, -0.2) is 58.0 Å². The van der Waals surface area contributed by atoms with Gasteiger partial charge >= 0.3 is 5.97 Å². The number of hydrogen-bond donors (Lipinski definition) is 1. The van der Waals surface area contributed by atoms with Crippen LogP contribution in [0.3, 0.4) is 0 Å². The maximum absolute atomic E-state index is 13.0. The fourth-order valence-electron chi connectivity index (χ4n) is 4.26. The summed E-state index contributed by atoms with van der Waals surface area (Å²) in [5, 5.41) is 14.2. The van der Waals surface area contributed by atoms with E-state index in [1.54, 1.807) is 11.1 Å². The zero-order chi connectivity index (χ0) is 18.2. The molecular formula is C18H27N3O4. The number of carbonyl (C=O) groups excluding carboxylic acids is 1. The first kappa shape index (κ1) is 17.9. The Labute approximate surface area is 147 Å². The summed E-state index contributed by atoms with van der Waals surface area (Å²) in [6, 6.07) is 0.279. The fourth-order valence-corrected chi connectivity index (χ4v) is 4.26. The van der Waals surface area contributed by atoms with Crippen molar-refractivity contribution < 1.29 is 19.4 Å². The zero-order valence-electron chi connectivity index (χ0n) is 15.2. The van der Waals surface area contributed by atoms with Crippen molar-refractivity contribution >= 4 is 11.9 Å². The van der Waals surface area contributed by atoms with E-state index in [4.69, 9.17) is 4.74 Å². The van der Waals surface area contributed by atoms with Crippen molar-refractivity contribution in [1.82, 2.24) is 14.7 Å². The molecule has 7 nitrogen and oxygen atoms in total. The molecule has 0 spiro atoms. The van der Waals surface area contributed by atoms with E-state index in [-0.39, 0.29) is 24.4 Å². The highest BCUT2D eigenvalue weighted by Crippen LogP contribution is 2.43. The van der Waals surface area contributed by atoms with Crippen LogP contribution >= 0.6 is 0 Å². The predicted octanol–water partition coefficient (Wildman–Crippen LogP) is 2.12. The molecule has 1 aromatic heterocycles. The van der Waals surface area contributed by atoms with Crippen LogP contribution in [0.2, 0.25) is 0 Å². The van der Waals surface area contributed by atoms with Crippen molar-refractivity contribution in [3.63, 3.8) is 0 Å². The summed E-state index contributed by atoms with van der Waals surface area (Å²) >= 11 is 0. The Morgan fingerprint density at radius 1 is 1.44 bits per heavy atom. The standard InChI is InChI=1S/C18H27N3O4/c1-4-14(5-2)21-12(3)15(8-19-21)16(22)20-9-13-10-25-7-6-18(13,11-20)17(23)24/h8,13-14H,4-7,9-11H2,1-3H3,(H,23,24)/t13-,18+/m0/s1. The Bertz CT molecular complexity index is 667. The lowest BCUT2D eigenvalue weighted by molar-refractivity contribution is -0.157. The SMILES string of the molecule is CCC(CC)n1ncc(C(=O)N2C[C@H]3COCC[C@@]3(C(=O)O)C2)c1C. The lowest BCUT2D eigenvalue weighted by Gasteiger charge is -2.33. The third kappa shape index (κ3) is 2.84. The summed E-state index contributed by atoms with van der Waals surface area (Å²) < 4.78 is 7.39. The molecule has 0 unspecified atom stereocenters. The van der Waals surface area contributed by atoms with Crippen molar-refractivity contribution in [2.24, 2.45) is 11.3 Å². The van der Waals surface area contributed by atoms with Gasteiger partial charge in [0.15, 0.2) is 0 Å². The zero-order valence-corrected chi connectivity index (χ0v) is 15.2. The molecule has 2 aliphatic heterocycles. The van der Waals surface area contributed by atoms with E-state index in [2.05, 4.69) is 18.9 Å². The van der Waals surface area contributed by atoms with Crippen LogP contribution in [0.4, 0.5) is 0 Å². The average Bonchev–Trinajstić information content (AvgIpc) is 3.18. The van der Waals surface area contributed by atoms with Gasteiger partial charge in [-0.15, -0.1) is 0 Å². The molecule has 3 heterocycles. The largest absolute Gasteiger partial charge is 0.481 e. The topological polar surface area (TPSA) is 84.7 Å². The molecule has 0 aliphatic carbocycles. The number of carboxylic acid groups (broad SMARTS) is 1. The summed E-state index contributed by atoms with van der Waals surface area (Å²) in [6.07, 6.45) is 4.00. The molecule has 2 atom stereocenters. The number of likely N-dealkylation sites (tertiary alicyclic amines) is 1. The molecule has 0 radical (unpaired) electrons. The number of carbonyl (C=O) groups is 2. The number of ether oxygens (including phenoxy) is 1. The molecule has 7 heteroatoms. The number of amides is 1. The highest BCUT2D eigenvalue weighted by atomic mass is 16.5. The molecule has 3 rings (SSSR count). The second kappa shape index (κ2) is 6.78. The normalized spacial score (nSPS) is 26.1. The quantitative estimate of drug-likeness (QED) is 0.880. The monoisotopic (exact) mass is 349 g/mol. The number of rotatable bonds is 5. The lowest BCUT2D eigenvalue weighted by Crippen LogP contribution is -2.45. The van der Waals surface area contributed by atoms with Crippen molar-refractivity contribution in [2.75, 3.05) is 26.3 Å². The van der Waals surface area contributed by atoms with E-state index in [9.17, 15) is 14.7 Å². The van der Waals surface area contributed by atoms with Gasteiger partial charge in [-0.25, -0.2) is 0 Å². The van der Waals surface area contributed by atoms with Gasteiger partial charge in [-0.05, 0) is 26.2 Å². The van der Waals surface area contributed by atoms with Gasteiger partial charge in [-0.2, -0.15) is 5.10 Å². The molecule has 2 saturated heterocycles. The van der Waals surface area contributed by atoms with E-state index in [0.717, 1.165) is 18.5 Å². The molecule has 0 aromatic carbocycles. The van der Waals surface area contributed by atoms with Gasteiger partial charge in [-0.1, -0.05) is 13.8 Å². The van der Waals surface area contributed by atoms with Gasteiger partial charge in [0.2, 0.25) is 0 Å². The Kier molecular flexibility index (Phi) is 4.86. The third-order valence-electron chi connectivity index (χ3n) is 5.98. The molecule has 2 fully saturated rings. The molecule has 1 N–H and O–H groups in total. The highest BCUT2D eigenvalue weighted by molar-refractivity contribution is 5.96. The van der Waals surface area contributed by atoms with Gasteiger partial charge in [0.1, 0.15) is 0 Å². The Balaban J connectivity index is 1.84. The van der Waals surface area contributed by atoms with Crippen molar-refractivity contribution in [2.45, 2.75) is 46.1 Å². The minimum absolute atomic E-state index is 0.121. The van der Waals surface area contributed by atoms with E-state index in [1.165, 1.54) is 0 Å². The van der Waals surface area contributed by atoms with Crippen LogP contribution in [0, 0.1) is 18.3 Å². The second-order valence-corrected chi connectivity index (χ2v) is 7.23. The van der Waals surface area contributed by atoms with Crippen LogP contribution in [-0.2, 0) is 9.53 Å². The van der Waals surface area contributed by atoms with Crippen LogP contribution in [0.5, 0.6) is 0 Å². The fraction of sp³-hybridized carbons (Fsp3) is 0.722. The molecular weight excluding hydrogens is 322 g/mol. The first-order chi connectivity index (χ1) is 11.9. The van der Waals surface area contributed by atoms with Gasteiger partial charge in [0, 0.05) is 31.3 Å². The Morgan fingerprint density at radius 2 is 2.16 bits per heavy atom. The van der Waals surface area contributed by atoms with Crippen LogP contribution < -0.4 is 0 Å². The number of hydrogen-bond acceptors (Lipinski definition) is 4. The summed E-state index contributed by atoms with van der Waals surface area (Å²) in [7, 11) is 0. The molecule has 1 aromatic rings. The van der Waals surface area contributed by atoms with Crippen LogP contribution in [0.15, 0.2) is 6.20 Å². The number of carboxylic acids is 1. The number of nitrogens with zero attached hydrogens (tertiary/aromatic N) is 3. The maximum Gasteiger partial charge on any atom is 0.311 e. The lowest BCUT2D eigenvalue weighted by atomic mass is 9.74. The first-order valence-corrected chi connectivity index (χ1v) is 9.09. The molecule has 0 saturated carbocycles. The van der Waals surface area contributed by atoms with E-state index >= 15 is 0 Å². The van der Waals surface area contributed by atoms with Crippen molar-refractivity contribution in [3.8, 4) is 0 Å². The van der Waals surface area contributed by atoms with Crippen LogP contribution in [0.25, 0.3) is 0 Å². The predicted molar refractivity (Wildman–Crippen MR) is 91.5 cm³/mol.